The number of rotatable bonds is 6. The van der Waals surface area contributed by atoms with Crippen LogP contribution < -0.4 is 21.4 Å². The highest BCUT2D eigenvalue weighted by Gasteiger charge is 2.48. The van der Waals surface area contributed by atoms with Crippen molar-refractivity contribution in [3.63, 3.8) is 0 Å². The van der Waals surface area contributed by atoms with Crippen LogP contribution in [0.2, 0.25) is 0 Å². The van der Waals surface area contributed by atoms with Crippen LogP contribution in [0, 0.1) is 12.1 Å². The molecule has 3 unspecified atom stereocenters. The van der Waals surface area contributed by atoms with Crippen LogP contribution in [0.5, 0.6) is 0 Å². The molecule has 1 fully saturated rings. The van der Waals surface area contributed by atoms with Crippen molar-refractivity contribution >= 4 is 33.8 Å². The predicted molar refractivity (Wildman–Crippen MR) is 95.0 cm³/mol. The van der Waals surface area contributed by atoms with Crippen molar-refractivity contribution in [3.8, 4) is 0 Å². The van der Waals surface area contributed by atoms with Crippen molar-refractivity contribution < 1.29 is 4.79 Å². The monoisotopic (exact) mass is 348 g/mol. The second-order valence-electron chi connectivity index (χ2n) is 5.99. The molecule has 24 heavy (non-hydrogen) atoms. The Bertz CT molecular complexity index is 779. The van der Waals surface area contributed by atoms with Gasteiger partial charge < -0.3 is 26.6 Å². The number of hydrogen-bond donors (Lipinski definition) is 3. The lowest BCUT2D eigenvalue weighted by Crippen LogP contribution is -2.47. The number of nitrogens with one attached hydrogen (secondary N) is 1. The summed E-state index contributed by atoms with van der Waals surface area (Å²) in [5, 5.41) is 17.0. The van der Waals surface area contributed by atoms with Gasteiger partial charge in [0.15, 0.2) is 11.4 Å². The van der Waals surface area contributed by atoms with Crippen LogP contribution in [-0.2, 0) is 0 Å². The van der Waals surface area contributed by atoms with E-state index in [0.29, 0.717) is 24.3 Å². The van der Waals surface area contributed by atoms with Gasteiger partial charge in [0.2, 0.25) is 0 Å². The van der Waals surface area contributed by atoms with E-state index in [1.807, 2.05) is 19.9 Å². The number of nitrogens with zero attached hydrogens (tertiary/aromatic N) is 3. The average molecular weight is 348 g/mol. The van der Waals surface area contributed by atoms with Crippen molar-refractivity contribution in [3.05, 3.63) is 34.9 Å². The van der Waals surface area contributed by atoms with Gasteiger partial charge in [0, 0.05) is 12.5 Å². The fourth-order valence-electron chi connectivity index (χ4n) is 2.80. The summed E-state index contributed by atoms with van der Waals surface area (Å²) < 4.78 is 3.63. The van der Waals surface area contributed by atoms with E-state index >= 15 is 0 Å². The fourth-order valence-corrected chi connectivity index (χ4v) is 3.47. The summed E-state index contributed by atoms with van der Waals surface area (Å²) in [6.45, 7) is 4.03. The number of quaternary nitrogens is 1. The first-order valence-corrected chi connectivity index (χ1v) is 8.47. The van der Waals surface area contributed by atoms with E-state index in [0.717, 1.165) is 10.7 Å². The molecule has 0 spiro atoms. The van der Waals surface area contributed by atoms with Crippen LogP contribution in [0.4, 0.5) is 16.4 Å². The number of aromatic nitrogens is 2. The van der Waals surface area contributed by atoms with E-state index in [2.05, 4.69) is 14.7 Å². The lowest BCUT2D eigenvalue weighted by Gasteiger charge is -2.42. The van der Waals surface area contributed by atoms with Gasteiger partial charge in [0.25, 0.3) is 5.91 Å². The molecular formula is C15H20N6O2S. The minimum absolute atomic E-state index is 0.0903. The number of anilines is 2. The maximum atomic E-state index is 13.2. The van der Waals surface area contributed by atoms with Crippen molar-refractivity contribution in [2.45, 2.75) is 32.4 Å². The highest BCUT2D eigenvalue weighted by atomic mass is 32.1. The maximum Gasteiger partial charge on any atom is 0.269 e. The number of primary amides is 1. The zero-order valence-corrected chi connectivity index (χ0v) is 14.3. The SMILES string of the molecule is CC[N+]([O-])(c1cnc(C(N)=O)c(Nc2cc(C)ns2)c1)C1CC1N. The van der Waals surface area contributed by atoms with E-state index in [1.54, 1.807) is 6.07 Å². The van der Waals surface area contributed by atoms with Gasteiger partial charge in [-0.3, -0.25) is 4.79 Å². The second-order valence-corrected chi connectivity index (χ2v) is 6.80. The predicted octanol–water partition coefficient (Wildman–Crippen LogP) is 1.61. The van der Waals surface area contributed by atoms with Gasteiger partial charge in [-0.05, 0) is 31.4 Å². The van der Waals surface area contributed by atoms with Crippen molar-refractivity contribution in [2.24, 2.45) is 11.5 Å². The number of carbonyl (C=O) groups excluding carboxylic acids is 1. The first kappa shape index (κ1) is 16.8. The van der Waals surface area contributed by atoms with Crippen molar-refractivity contribution in [2.75, 3.05) is 11.9 Å². The molecule has 3 atom stereocenters. The topological polar surface area (TPSA) is 130 Å². The molecule has 9 heteroatoms. The summed E-state index contributed by atoms with van der Waals surface area (Å²) in [6, 6.07) is 3.22. The molecule has 1 aliphatic rings. The lowest BCUT2D eigenvalue weighted by atomic mass is 10.2. The number of aryl methyl sites for hydroxylation is 1. The third-order valence-corrected chi connectivity index (χ3v) is 5.04. The average Bonchev–Trinajstić information content (AvgIpc) is 3.15. The Morgan fingerprint density at radius 1 is 1.54 bits per heavy atom. The van der Waals surface area contributed by atoms with E-state index in [1.165, 1.54) is 17.7 Å². The van der Waals surface area contributed by atoms with Gasteiger partial charge in [-0.25, -0.2) is 4.98 Å². The molecule has 0 saturated heterocycles. The highest BCUT2D eigenvalue weighted by Crippen LogP contribution is 2.38. The molecule has 3 rings (SSSR count). The Kier molecular flexibility index (Phi) is 4.26. The molecule has 1 aliphatic carbocycles. The Morgan fingerprint density at radius 3 is 2.75 bits per heavy atom. The largest absolute Gasteiger partial charge is 0.627 e. The molecule has 0 radical (unpaired) electrons. The zero-order valence-electron chi connectivity index (χ0n) is 13.5. The van der Waals surface area contributed by atoms with Crippen LogP contribution in [0.25, 0.3) is 0 Å². The number of pyridine rings is 1. The van der Waals surface area contributed by atoms with Gasteiger partial charge in [-0.2, -0.15) is 4.37 Å². The highest BCUT2D eigenvalue weighted by molar-refractivity contribution is 7.10. The number of likely N-dealkylation sites (N-methyl/N-ethyl adjacent to an activating group) is 1. The Hall–Kier alpha value is -2.07. The van der Waals surface area contributed by atoms with Crippen LogP contribution in [0.15, 0.2) is 18.3 Å². The van der Waals surface area contributed by atoms with Gasteiger partial charge in [-0.1, -0.05) is 0 Å². The van der Waals surface area contributed by atoms with E-state index in [4.69, 9.17) is 11.5 Å². The van der Waals surface area contributed by atoms with E-state index in [9.17, 15) is 10.0 Å². The molecule has 0 aromatic carbocycles. The number of carbonyl (C=O) groups is 1. The third-order valence-electron chi connectivity index (χ3n) is 4.24. The smallest absolute Gasteiger partial charge is 0.269 e. The number of nitrogens with two attached hydrogens (primary N) is 2. The quantitative estimate of drug-likeness (QED) is 0.537. The summed E-state index contributed by atoms with van der Waals surface area (Å²) >= 11 is 1.26. The van der Waals surface area contributed by atoms with Crippen molar-refractivity contribution in [1.82, 2.24) is 14.0 Å². The van der Waals surface area contributed by atoms with Gasteiger partial charge in [-0.15, -0.1) is 0 Å². The molecule has 128 valence electrons. The summed E-state index contributed by atoms with van der Waals surface area (Å²) in [5.41, 5.74) is 13.1. The van der Waals surface area contributed by atoms with Crippen molar-refractivity contribution in [1.29, 1.82) is 0 Å². The molecule has 0 aliphatic heterocycles. The molecule has 2 heterocycles. The normalized spacial score (nSPS) is 22.0. The van der Waals surface area contributed by atoms with Gasteiger partial charge in [0.05, 0.1) is 30.2 Å². The minimum atomic E-state index is -0.658. The Labute approximate surface area is 143 Å². The fraction of sp³-hybridized carbons (Fsp3) is 0.400. The van der Waals surface area contributed by atoms with Crippen LogP contribution in [0.3, 0.4) is 0 Å². The first-order valence-electron chi connectivity index (χ1n) is 7.70. The van der Waals surface area contributed by atoms with Gasteiger partial charge >= 0.3 is 0 Å². The number of hydroxylamine groups is 2. The molecule has 2 aromatic heterocycles. The summed E-state index contributed by atoms with van der Waals surface area (Å²) in [5.74, 6) is -0.658. The minimum Gasteiger partial charge on any atom is -0.627 e. The summed E-state index contributed by atoms with van der Waals surface area (Å²) in [7, 11) is 0. The van der Waals surface area contributed by atoms with Crippen LogP contribution >= 0.6 is 11.5 Å². The Morgan fingerprint density at radius 2 is 2.25 bits per heavy atom. The van der Waals surface area contributed by atoms with E-state index < -0.39 is 10.6 Å². The second kappa shape index (κ2) is 6.10. The molecule has 5 N–H and O–H groups in total. The first-order chi connectivity index (χ1) is 11.3. The molecular weight excluding hydrogens is 328 g/mol. The summed E-state index contributed by atoms with van der Waals surface area (Å²) in [6.07, 6.45) is 2.11. The maximum absolute atomic E-state index is 13.2. The Balaban J connectivity index is 2.00. The van der Waals surface area contributed by atoms with Gasteiger partial charge in [0.1, 0.15) is 11.0 Å². The molecule has 0 bridgehead atoms. The molecule has 1 saturated carbocycles. The standard InChI is InChI=1S/C15H20N6O2S/c1-3-21(23,12-6-10(12)16)9-5-11(14(15(17)22)18-7-9)19-13-4-8(2)20-24-13/h4-5,7,10,12,19H,3,6,16H2,1-2H3,(H2,17,22). The van der Waals surface area contributed by atoms with E-state index in [-0.39, 0.29) is 17.8 Å². The lowest BCUT2D eigenvalue weighted by molar-refractivity contribution is 0.0996. The molecule has 8 nitrogen and oxygen atoms in total. The van der Waals surface area contributed by atoms with Crippen LogP contribution in [0.1, 0.15) is 29.5 Å². The molecule has 1 amide bonds. The zero-order chi connectivity index (χ0) is 17.5. The number of hydrogen-bond acceptors (Lipinski definition) is 7. The summed E-state index contributed by atoms with van der Waals surface area (Å²) in [4.78, 5) is 15.8. The number of amides is 1. The third kappa shape index (κ3) is 2.98. The molecule has 2 aromatic rings. The van der Waals surface area contributed by atoms with Crippen LogP contribution in [-0.4, -0.2) is 33.9 Å².